The molecule has 1 heterocycles. The molecule has 1 aliphatic carbocycles. The molecule has 0 radical (unpaired) electrons. The Morgan fingerprint density at radius 1 is 1.30 bits per heavy atom. The summed E-state index contributed by atoms with van der Waals surface area (Å²) in [5.41, 5.74) is 0.750. The van der Waals surface area contributed by atoms with Crippen molar-refractivity contribution in [2.24, 2.45) is 0 Å². The Morgan fingerprint density at radius 3 is 2.65 bits per heavy atom. The summed E-state index contributed by atoms with van der Waals surface area (Å²) in [6.07, 6.45) is 3.95. The van der Waals surface area contributed by atoms with E-state index < -0.39 is 0 Å². The molecule has 1 aromatic rings. The van der Waals surface area contributed by atoms with E-state index in [4.69, 9.17) is 4.74 Å². The Bertz CT molecular complexity index is 468. The van der Waals surface area contributed by atoms with Gasteiger partial charge in [-0.05, 0) is 50.5 Å². The van der Waals surface area contributed by atoms with Crippen molar-refractivity contribution in [2.75, 3.05) is 19.6 Å². The predicted molar refractivity (Wildman–Crippen MR) is 78.1 cm³/mol. The van der Waals surface area contributed by atoms with Crippen LogP contribution in [-0.2, 0) is 0 Å². The maximum atomic E-state index is 12.5. The lowest BCUT2D eigenvalue weighted by atomic mass is 9.96. The zero-order valence-electron chi connectivity index (χ0n) is 12.0. The first-order chi connectivity index (χ1) is 9.74. The number of ether oxygens (including phenoxy) is 1. The van der Waals surface area contributed by atoms with Crippen LogP contribution in [0.15, 0.2) is 24.3 Å². The quantitative estimate of drug-likeness (QED) is 0.917. The Labute approximate surface area is 120 Å². The summed E-state index contributed by atoms with van der Waals surface area (Å²) in [5, 5.41) is 3.30. The van der Waals surface area contributed by atoms with Gasteiger partial charge in [0.05, 0.1) is 6.10 Å². The summed E-state index contributed by atoms with van der Waals surface area (Å²) in [6.45, 7) is 4.60. The second-order valence-corrected chi connectivity index (χ2v) is 5.75. The van der Waals surface area contributed by atoms with Gasteiger partial charge in [-0.1, -0.05) is 0 Å². The van der Waals surface area contributed by atoms with Gasteiger partial charge in [-0.15, -0.1) is 0 Å². The highest BCUT2D eigenvalue weighted by Gasteiger charge is 2.24. The van der Waals surface area contributed by atoms with Gasteiger partial charge in [-0.3, -0.25) is 4.79 Å². The van der Waals surface area contributed by atoms with Crippen LogP contribution in [0.4, 0.5) is 0 Å². The summed E-state index contributed by atoms with van der Waals surface area (Å²) in [6, 6.07) is 7.84. The van der Waals surface area contributed by atoms with Gasteiger partial charge in [0.2, 0.25) is 0 Å². The van der Waals surface area contributed by atoms with Crippen LogP contribution < -0.4 is 10.1 Å². The molecule has 4 nitrogen and oxygen atoms in total. The number of rotatable bonds is 3. The first-order valence-electron chi connectivity index (χ1n) is 7.52. The lowest BCUT2D eigenvalue weighted by molar-refractivity contribution is 0.0655. The molecule has 1 N–H and O–H groups in total. The number of nitrogens with one attached hydrogen (secondary N) is 1. The van der Waals surface area contributed by atoms with E-state index in [2.05, 4.69) is 12.2 Å². The van der Waals surface area contributed by atoms with Crippen molar-refractivity contribution in [1.29, 1.82) is 0 Å². The van der Waals surface area contributed by atoms with Gasteiger partial charge in [0.15, 0.2) is 0 Å². The van der Waals surface area contributed by atoms with E-state index in [1.807, 2.05) is 29.2 Å². The summed E-state index contributed by atoms with van der Waals surface area (Å²) in [4.78, 5) is 14.4. The molecule has 1 saturated heterocycles. The van der Waals surface area contributed by atoms with Crippen molar-refractivity contribution in [2.45, 2.75) is 38.3 Å². The van der Waals surface area contributed by atoms with Gasteiger partial charge < -0.3 is 15.0 Å². The molecule has 20 heavy (non-hydrogen) atoms. The van der Waals surface area contributed by atoms with E-state index in [0.717, 1.165) is 43.8 Å². The zero-order chi connectivity index (χ0) is 13.9. The molecule has 0 spiro atoms. The van der Waals surface area contributed by atoms with Crippen LogP contribution >= 0.6 is 0 Å². The van der Waals surface area contributed by atoms with Crippen molar-refractivity contribution in [1.82, 2.24) is 10.2 Å². The molecular weight excluding hydrogens is 252 g/mol. The van der Waals surface area contributed by atoms with Gasteiger partial charge >= 0.3 is 0 Å². The maximum absolute atomic E-state index is 12.5. The van der Waals surface area contributed by atoms with Crippen LogP contribution in [0, 0.1) is 0 Å². The number of hydrogen-bond acceptors (Lipinski definition) is 3. The molecule has 1 saturated carbocycles. The van der Waals surface area contributed by atoms with Crippen molar-refractivity contribution >= 4 is 5.91 Å². The number of benzene rings is 1. The molecule has 108 valence electrons. The van der Waals surface area contributed by atoms with E-state index in [1.165, 1.54) is 6.42 Å². The second-order valence-electron chi connectivity index (χ2n) is 5.75. The number of nitrogens with zero attached hydrogens (tertiary/aromatic N) is 1. The molecule has 1 atom stereocenters. The third-order valence-electron chi connectivity index (χ3n) is 4.22. The van der Waals surface area contributed by atoms with E-state index in [0.29, 0.717) is 6.10 Å². The van der Waals surface area contributed by atoms with Gasteiger partial charge in [0.1, 0.15) is 5.75 Å². The van der Waals surface area contributed by atoms with Crippen LogP contribution in [0.1, 0.15) is 36.5 Å². The lowest BCUT2D eigenvalue weighted by Gasteiger charge is -2.34. The number of hydrogen-bond donors (Lipinski definition) is 1. The molecule has 4 heteroatoms. The average molecular weight is 274 g/mol. The Balaban J connectivity index is 1.65. The molecule has 2 aliphatic rings. The van der Waals surface area contributed by atoms with E-state index in [9.17, 15) is 4.79 Å². The molecule has 0 aromatic heterocycles. The van der Waals surface area contributed by atoms with Crippen molar-refractivity contribution in [3.63, 3.8) is 0 Å². The topological polar surface area (TPSA) is 41.6 Å². The maximum Gasteiger partial charge on any atom is 0.254 e. The molecular formula is C16H22N2O2. The standard InChI is InChI=1S/C16H22N2O2/c1-12-11-17-9-10-18(12)16(19)13-5-7-15(8-6-13)20-14-3-2-4-14/h5-8,12,14,17H,2-4,9-11H2,1H3/t12-/m0/s1. The molecule has 0 unspecified atom stereocenters. The largest absolute Gasteiger partial charge is 0.490 e. The predicted octanol–water partition coefficient (Wildman–Crippen LogP) is 2.05. The fourth-order valence-corrected chi connectivity index (χ4v) is 2.67. The number of carbonyl (C=O) groups is 1. The highest BCUT2D eigenvalue weighted by molar-refractivity contribution is 5.94. The van der Waals surface area contributed by atoms with Crippen LogP contribution in [-0.4, -0.2) is 42.6 Å². The van der Waals surface area contributed by atoms with Crippen molar-refractivity contribution in [3.8, 4) is 5.75 Å². The Morgan fingerprint density at radius 2 is 2.05 bits per heavy atom. The molecule has 1 aromatic carbocycles. The normalized spacial score (nSPS) is 23.2. The SMILES string of the molecule is C[C@H]1CNCCN1C(=O)c1ccc(OC2CCC2)cc1. The third kappa shape index (κ3) is 2.80. The van der Waals surface area contributed by atoms with Gasteiger partial charge in [-0.25, -0.2) is 0 Å². The molecule has 2 fully saturated rings. The monoisotopic (exact) mass is 274 g/mol. The summed E-state index contributed by atoms with van der Waals surface area (Å²) in [7, 11) is 0. The van der Waals surface area contributed by atoms with Crippen LogP contribution in [0.25, 0.3) is 0 Å². The summed E-state index contributed by atoms with van der Waals surface area (Å²) >= 11 is 0. The van der Waals surface area contributed by atoms with E-state index >= 15 is 0 Å². The van der Waals surface area contributed by atoms with Gasteiger partial charge in [0, 0.05) is 31.2 Å². The minimum absolute atomic E-state index is 0.120. The minimum Gasteiger partial charge on any atom is -0.490 e. The highest BCUT2D eigenvalue weighted by atomic mass is 16.5. The lowest BCUT2D eigenvalue weighted by Crippen LogP contribution is -2.52. The first-order valence-corrected chi connectivity index (χ1v) is 7.52. The van der Waals surface area contributed by atoms with E-state index in [1.54, 1.807) is 0 Å². The minimum atomic E-state index is 0.120. The van der Waals surface area contributed by atoms with Gasteiger partial charge in [0.25, 0.3) is 5.91 Å². The molecule has 1 amide bonds. The summed E-state index contributed by atoms with van der Waals surface area (Å²) in [5.74, 6) is 0.994. The number of piperazine rings is 1. The Kier molecular flexibility index (Phi) is 3.92. The Hall–Kier alpha value is -1.55. The summed E-state index contributed by atoms with van der Waals surface area (Å²) < 4.78 is 5.82. The number of amides is 1. The average Bonchev–Trinajstić information content (AvgIpc) is 2.43. The van der Waals surface area contributed by atoms with Crippen LogP contribution in [0.3, 0.4) is 0 Å². The molecule has 0 bridgehead atoms. The second kappa shape index (κ2) is 5.83. The highest BCUT2D eigenvalue weighted by Crippen LogP contribution is 2.25. The smallest absolute Gasteiger partial charge is 0.254 e. The van der Waals surface area contributed by atoms with Crippen LogP contribution in [0.2, 0.25) is 0 Å². The van der Waals surface area contributed by atoms with E-state index in [-0.39, 0.29) is 11.9 Å². The fourth-order valence-electron chi connectivity index (χ4n) is 2.67. The zero-order valence-corrected chi connectivity index (χ0v) is 12.0. The molecule has 3 rings (SSSR count). The third-order valence-corrected chi connectivity index (χ3v) is 4.22. The van der Waals surface area contributed by atoms with Gasteiger partial charge in [-0.2, -0.15) is 0 Å². The first kappa shape index (κ1) is 13.4. The molecule has 1 aliphatic heterocycles. The number of carbonyl (C=O) groups excluding carboxylic acids is 1. The fraction of sp³-hybridized carbons (Fsp3) is 0.562. The van der Waals surface area contributed by atoms with Crippen LogP contribution in [0.5, 0.6) is 5.75 Å². The van der Waals surface area contributed by atoms with Crippen molar-refractivity contribution < 1.29 is 9.53 Å². The van der Waals surface area contributed by atoms with Crippen molar-refractivity contribution in [3.05, 3.63) is 29.8 Å².